The van der Waals surface area contributed by atoms with E-state index in [0.29, 0.717) is 35.8 Å². The molecule has 0 radical (unpaired) electrons. The highest BCUT2D eigenvalue weighted by Gasteiger charge is 2.13. The van der Waals surface area contributed by atoms with E-state index in [1.165, 1.54) is 7.11 Å². The van der Waals surface area contributed by atoms with Crippen molar-refractivity contribution in [3.8, 4) is 5.75 Å². The minimum absolute atomic E-state index is 0.279. The van der Waals surface area contributed by atoms with E-state index in [1.807, 2.05) is 0 Å². The number of aromatic nitrogens is 2. The van der Waals surface area contributed by atoms with Gasteiger partial charge in [-0.05, 0) is 12.1 Å². The van der Waals surface area contributed by atoms with Crippen LogP contribution in [0.2, 0.25) is 0 Å². The van der Waals surface area contributed by atoms with Crippen molar-refractivity contribution in [3.05, 3.63) is 36.2 Å². The van der Waals surface area contributed by atoms with Gasteiger partial charge < -0.3 is 20.5 Å². The fourth-order valence-corrected chi connectivity index (χ4v) is 1.83. The summed E-state index contributed by atoms with van der Waals surface area (Å²) in [5.41, 5.74) is 7.23. The Bertz CT molecular complexity index is 624. The molecule has 0 saturated carbocycles. The van der Waals surface area contributed by atoms with Gasteiger partial charge in [-0.15, -0.1) is 0 Å². The number of hydrogen-bond acceptors (Lipinski definition) is 5. The molecule has 7 nitrogen and oxygen atoms in total. The number of nitrogens with zero attached hydrogens (tertiary/aromatic N) is 2. The predicted octanol–water partition coefficient (Wildman–Crippen LogP) is 1.37. The van der Waals surface area contributed by atoms with Crippen molar-refractivity contribution >= 4 is 17.3 Å². The van der Waals surface area contributed by atoms with Gasteiger partial charge >= 0.3 is 0 Å². The van der Waals surface area contributed by atoms with Crippen molar-refractivity contribution < 1.29 is 14.3 Å². The summed E-state index contributed by atoms with van der Waals surface area (Å²) < 4.78 is 11.8. The zero-order valence-electron chi connectivity index (χ0n) is 12.0. The van der Waals surface area contributed by atoms with Crippen LogP contribution in [0.3, 0.4) is 0 Å². The number of benzene rings is 1. The molecule has 1 aromatic carbocycles. The van der Waals surface area contributed by atoms with Gasteiger partial charge in [0, 0.05) is 25.1 Å². The van der Waals surface area contributed by atoms with Crippen molar-refractivity contribution in [2.45, 2.75) is 6.54 Å². The van der Waals surface area contributed by atoms with E-state index in [0.717, 1.165) is 0 Å². The van der Waals surface area contributed by atoms with E-state index in [1.54, 1.807) is 42.4 Å². The molecule has 0 saturated heterocycles. The molecule has 0 bridgehead atoms. The van der Waals surface area contributed by atoms with Crippen molar-refractivity contribution in [2.24, 2.45) is 0 Å². The summed E-state index contributed by atoms with van der Waals surface area (Å²) >= 11 is 0. The van der Waals surface area contributed by atoms with Crippen LogP contribution >= 0.6 is 0 Å². The van der Waals surface area contributed by atoms with Crippen LogP contribution in [-0.2, 0) is 11.3 Å². The van der Waals surface area contributed by atoms with Gasteiger partial charge in [0.05, 0.1) is 37.7 Å². The van der Waals surface area contributed by atoms with Crippen LogP contribution in [0.25, 0.3) is 0 Å². The van der Waals surface area contributed by atoms with Gasteiger partial charge in [0.15, 0.2) is 0 Å². The summed E-state index contributed by atoms with van der Waals surface area (Å²) in [6.07, 6.45) is 3.32. The molecule has 0 aliphatic rings. The largest absolute Gasteiger partial charge is 0.496 e. The predicted molar refractivity (Wildman–Crippen MR) is 79.5 cm³/mol. The van der Waals surface area contributed by atoms with Crippen LogP contribution in [0.5, 0.6) is 5.75 Å². The van der Waals surface area contributed by atoms with Crippen molar-refractivity contribution in [3.63, 3.8) is 0 Å². The van der Waals surface area contributed by atoms with Crippen molar-refractivity contribution in [1.29, 1.82) is 0 Å². The van der Waals surface area contributed by atoms with E-state index in [4.69, 9.17) is 15.2 Å². The molecule has 2 aromatic rings. The minimum Gasteiger partial charge on any atom is -0.496 e. The maximum atomic E-state index is 12.2. The monoisotopic (exact) mass is 290 g/mol. The highest BCUT2D eigenvalue weighted by molar-refractivity contribution is 6.06. The number of nitrogens with two attached hydrogens (primary N) is 1. The van der Waals surface area contributed by atoms with Crippen LogP contribution in [0.4, 0.5) is 11.4 Å². The van der Waals surface area contributed by atoms with Gasteiger partial charge in [-0.2, -0.15) is 5.10 Å². The first-order valence-electron chi connectivity index (χ1n) is 6.40. The highest BCUT2D eigenvalue weighted by atomic mass is 16.5. The highest BCUT2D eigenvalue weighted by Crippen LogP contribution is 2.22. The molecular weight excluding hydrogens is 272 g/mol. The zero-order valence-corrected chi connectivity index (χ0v) is 12.0. The van der Waals surface area contributed by atoms with Crippen molar-refractivity contribution in [2.75, 3.05) is 31.9 Å². The number of nitrogen functional groups attached to an aromatic ring is 1. The SMILES string of the molecule is COCCn1cc(NC(=O)c2ccc(N)cc2OC)cn1. The zero-order chi connectivity index (χ0) is 15.2. The molecule has 1 amide bonds. The van der Waals surface area contributed by atoms with E-state index >= 15 is 0 Å². The number of carbonyl (C=O) groups is 1. The second-order valence-corrected chi connectivity index (χ2v) is 4.40. The van der Waals surface area contributed by atoms with Gasteiger partial charge in [-0.25, -0.2) is 0 Å². The standard InChI is InChI=1S/C14H18N4O3/c1-20-6-5-18-9-11(8-16-18)17-14(19)12-4-3-10(15)7-13(12)21-2/h3-4,7-9H,5-6,15H2,1-2H3,(H,17,19). The lowest BCUT2D eigenvalue weighted by Gasteiger charge is -2.08. The number of amides is 1. The molecule has 0 fully saturated rings. The number of hydrogen-bond donors (Lipinski definition) is 2. The Labute approximate surface area is 122 Å². The summed E-state index contributed by atoms with van der Waals surface area (Å²) in [5.74, 6) is 0.150. The molecule has 0 atom stereocenters. The lowest BCUT2D eigenvalue weighted by atomic mass is 10.1. The molecule has 1 aromatic heterocycles. The van der Waals surface area contributed by atoms with E-state index in [9.17, 15) is 4.79 Å². The first kappa shape index (κ1) is 14.9. The summed E-state index contributed by atoms with van der Waals surface area (Å²) in [6, 6.07) is 4.88. The molecule has 0 aliphatic heterocycles. The van der Waals surface area contributed by atoms with E-state index in [-0.39, 0.29) is 5.91 Å². The third-order valence-electron chi connectivity index (χ3n) is 2.89. The summed E-state index contributed by atoms with van der Waals surface area (Å²) in [4.78, 5) is 12.2. The Balaban J connectivity index is 2.09. The Hall–Kier alpha value is -2.54. The Morgan fingerprint density at radius 2 is 2.24 bits per heavy atom. The molecule has 7 heteroatoms. The number of anilines is 2. The van der Waals surface area contributed by atoms with E-state index < -0.39 is 0 Å². The summed E-state index contributed by atoms with van der Waals surface area (Å²) in [5, 5.41) is 6.89. The summed E-state index contributed by atoms with van der Waals surface area (Å²) in [6.45, 7) is 1.18. The van der Waals surface area contributed by atoms with E-state index in [2.05, 4.69) is 10.4 Å². The third kappa shape index (κ3) is 3.73. The maximum absolute atomic E-state index is 12.2. The topological polar surface area (TPSA) is 91.4 Å². The molecule has 2 rings (SSSR count). The molecule has 3 N–H and O–H groups in total. The van der Waals surface area contributed by atoms with Crippen LogP contribution < -0.4 is 15.8 Å². The third-order valence-corrected chi connectivity index (χ3v) is 2.89. The minimum atomic E-state index is -0.279. The second kappa shape index (κ2) is 6.76. The normalized spacial score (nSPS) is 10.4. The molecule has 0 aliphatic carbocycles. The first-order chi connectivity index (χ1) is 10.1. The lowest BCUT2D eigenvalue weighted by Crippen LogP contribution is -2.13. The van der Waals surface area contributed by atoms with Gasteiger partial charge in [0.25, 0.3) is 5.91 Å². The van der Waals surface area contributed by atoms with Crippen LogP contribution in [0.15, 0.2) is 30.6 Å². The van der Waals surface area contributed by atoms with Crippen LogP contribution in [0, 0.1) is 0 Å². The smallest absolute Gasteiger partial charge is 0.259 e. The Morgan fingerprint density at radius 1 is 1.43 bits per heavy atom. The average molecular weight is 290 g/mol. The van der Waals surface area contributed by atoms with Gasteiger partial charge in [-0.3, -0.25) is 9.48 Å². The van der Waals surface area contributed by atoms with Gasteiger partial charge in [-0.1, -0.05) is 0 Å². The first-order valence-corrected chi connectivity index (χ1v) is 6.40. The number of nitrogens with one attached hydrogen (secondary N) is 1. The fourth-order valence-electron chi connectivity index (χ4n) is 1.83. The number of methoxy groups -OCH3 is 2. The quantitative estimate of drug-likeness (QED) is 0.784. The maximum Gasteiger partial charge on any atom is 0.259 e. The molecule has 112 valence electrons. The van der Waals surface area contributed by atoms with Crippen molar-refractivity contribution in [1.82, 2.24) is 9.78 Å². The number of ether oxygens (including phenoxy) is 2. The van der Waals surface area contributed by atoms with Crippen LogP contribution in [-0.4, -0.2) is 36.5 Å². The fraction of sp³-hybridized carbons (Fsp3) is 0.286. The average Bonchev–Trinajstić information content (AvgIpc) is 2.92. The summed E-state index contributed by atoms with van der Waals surface area (Å²) in [7, 11) is 3.12. The van der Waals surface area contributed by atoms with Crippen LogP contribution in [0.1, 0.15) is 10.4 Å². The number of carbonyl (C=O) groups excluding carboxylic acids is 1. The second-order valence-electron chi connectivity index (χ2n) is 4.40. The van der Waals surface area contributed by atoms with Gasteiger partial charge in [0.2, 0.25) is 0 Å². The lowest BCUT2D eigenvalue weighted by molar-refractivity contribution is 0.102. The molecule has 0 spiro atoms. The molecular formula is C14H18N4O3. The Kier molecular flexibility index (Phi) is 4.78. The Morgan fingerprint density at radius 3 is 2.95 bits per heavy atom. The molecule has 0 unspecified atom stereocenters. The molecule has 21 heavy (non-hydrogen) atoms. The van der Waals surface area contributed by atoms with Gasteiger partial charge in [0.1, 0.15) is 5.75 Å². The number of rotatable bonds is 6. The molecule has 1 heterocycles.